The summed E-state index contributed by atoms with van der Waals surface area (Å²) < 4.78 is 33.9. The summed E-state index contributed by atoms with van der Waals surface area (Å²) in [6.45, 7) is 1.94. The quantitative estimate of drug-likeness (QED) is 0.226. The highest BCUT2D eigenvalue weighted by atomic mass is 19.1. The molecule has 5 aromatic rings. The Balaban J connectivity index is 1.52. The van der Waals surface area contributed by atoms with Gasteiger partial charge in [-0.3, -0.25) is 14.2 Å². The maximum Gasteiger partial charge on any atom is 0.303 e. The van der Waals surface area contributed by atoms with Crippen molar-refractivity contribution in [3.05, 3.63) is 112 Å². The van der Waals surface area contributed by atoms with Crippen LogP contribution in [-0.2, 0) is 11.2 Å². The second-order valence-corrected chi connectivity index (χ2v) is 9.37. The van der Waals surface area contributed by atoms with E-state index in [4.69, 9.17) is 14.6 Å². The summed E-state index contributed by atoms with van der Waals surface area (Å²) in [6.07, 6.45) is 1.33. The van der Waals surface area contributed by atoms with E-state index in [2.05, 4.69) is 5.16 Å². The Kier molecular flexibility index (Phi) is 7.31. The number of carboxylic acid groups (broad SMARTS) is 1. The van der Waals surface area contributed by atoms with Gasteiger partial charge in [0.1, 0.15) is 28.9 Å². The van der Waals surface area contributed by atoms with E-state index >= 15 is 0 Å². The molecule has 39 heavy (non-hydrogen) atoms. The van der Waals surface area contributed by atoms with Gasteiger partial charge in [0, 0.05) is 30.4 Å². The number of aromatic nitrogens is 3. The number of hydrogen-bond donors (Lipinski definition) is 1. The summed E-state index contributed by atoms with van der Waals surface area (Å²) in [7, 11) is 0. The van der Waals surface area contributed by atoms with Crippen LogP contribution in [-0.4, -0.2) is 25.8 Å². The van der Waals surface area contributed by atoms with Crippen LogP contribution in [0, 0.1) is 11.6 Å². The summed E-state index contributed by atoms with van der Waals surface area (Å²) >= 11 is 0. The standard InChI is InChI=1S/C30H25F2N3O4/c1-18(19-6-9-21(31)10-7-19)27-17-25(34-39-27)20-8-15-24-26(16-20)33-28(4-2-3-5-29(36)37)35(30(24)38)23-13-11-22(32)12-14-23/h6-18H,2-5H2,1H3,(H,36,37)/t18-/m1/s1. The van der Waals surface area contributed by atoms with Gasteiger partial charge in [-0.05, 0) is 66.9 Å². The maximum absolute atomic E-state index is 13.6. The highest BCUT2D eigenvalue weighted by molar-refractivity contribution is 5.83. The van der Waals surface area contributed by atoms with Crippen LogP contribution in [0.2, 0.25) is 0 Å². The molecule has 0 aliphatic rings. The molecule has 0 amide bonds. The molecule has 0 aliphatic heterocycles. The Bertz CT molecular complexity index is 1690. The predicted molar refractivity (Wildman–Crippen MR) is 142 cm³/mol. The van der Waals surface area contributed by atoms with Crippen molar-refractivity contribution >= 4 is 16.9 Å². The number of aliphatic carboxylic acids is 1. The molecule has 0 fully saturated rings. The van der Waals surface area contributed by atoms with E-state index in [1.54, 1.807) is 30.3 Å². The van der Waals surface area contributed by atoms with Crippen LogP contribution >= 0.6 is 0 Å². The minimum Gasteiger partial charge on any atom is -0.481 e. The Labute approximate surface area is 222 Å². The van der Waals surface area contributed by atoms with Gasteiger partial charge in [0.25, 0.3) is 5.56 Å². The monoisotopic (exact) mass is 529 g/mol. The molecule has 2 aromatic heterocycles. The second kappa shape index (κ2) is 11.0. The van der Waals surface area contributed by atoms with E-state index < -0.39 is 11.8 Å². The zero-order valence-electron chi connectivity index (χ0n) is 21.1. The number of rotatable bonds is 9. The molecular formula is C30H25F2N3O4. The summed E-state index contributed by atoms with van der Waals surface area (Å²) in [6, 6.07) is 18.8. The lowest BCUT2D eigenvalue weighted by Crippen LogP contribution is -2.24. The van der Waals surface area contributed by atoms with Crippen molar-refractivity contribution in [1.82, 2.24) is 14.7 Å². The van der Waals surface area contributed by atoms with Crippen molar-refractivity contribution in [2.45, 2.75) is 38.5 Å². The average Bonchev–Trinajstić information content (AvgIpc) is 3.42. The number of unbranched alkanes of at least 4 members (excludes halogenated alkanes) is 1. The molecule has 9 heteroatoms. The van der Waals surface area contributed by atoms with Gasteiger partial charge >= 0.3 is 5.97 Å². The fraction of sp³-hybridized carbons (Fsp3) is 0.200. The molecule has 0 radical (unpaired) electrons. The lowest BCUT2D eigenvalue weighted by molar-refractivity contribution is -0.137. The first-order valence-corrected chi connectivity index (χ1v) is 12.6. The Hall–Kier alpha value is -4.66. The summed E-state index contributed by atoms with van der Waals surface area (Å²) in [5, 5.41) is 13.5. The third-order valence-electron chi connectivity index (χ3n) is 6.69. The van der Waals surface area contributed by atoms with Crippen molar-refractivity contribution in [3.8, 4) is 16.9 Å². The molecule has 0 saturated heterocycles. The number of halogens is 2. The first-order valence-electron chi connectivity index (χ1n) is 12.6. The van der Waals surface area contributed by atoms with E-state index in [9.17, 15) is 18.4 Å². The van der Waals surface area contributed by atoms with Crippen LogP contribution in [0.5, 0.6) is 0 Å². The number of carbonyl (C=O) groups is 1. The highest BCUT2D eigenvalue weighted by Gasteiger charge is 2.18. The van der Waals surface area contributed by atoms with Crippen LogP contribution in [0.1, 0.15) is 49.3 Å². The summed E-state index contributed by atoms with van der Waals surface area (Å²) in [4.78, 5) is 29.3. The molecule has 7 nitrogen and oxygen atoms in total. The predicted octanol–water partition coefficient (Wildman–Crippen LogP) is 6.27. The van der Waals surface area contributed by atoms with E-state index in [1.807, 2.05) is 13.0 Å². The molecule has 2 heterocycles. The molecule has 5 rings (SSSR count). The molecule has 0 saturated carbocycles. The van der Waals surface area contributed by atoms with Gasteiger partial charge in [-0.1, -0.05) is 30.3 Å². The number of carboxylic acids is 1. The largest absolute Gasteiger partial charge is 0.481 e. The van der Waals surface area contributed by atoms with Gasteiger partial charge in [-0.2, -0.15) is 0 Å². The molecule has 0 aliphatic carbocycles. The van der Waals surface area contributed by atoms with Crippen molar-refractivity contribution in [1.29, 1.82) is 0 Å². The smallest absolute Gasteiger partial charge is 0.303 e. The number of nitrogens with zero attached hydrogens (tertiary/aromatic N) is 3. The zero-order valence-corrected chi connectivity index (χ0v) is 21.1. The van der Waals surface area contributed by atoms with Crippen LogP contribution in [0.4, 0.5) is 8.78 Å². The normalized spacial score (nSPS) is 12.1. The van der Waals surface area contributed by atoms with Gasteiger partial charge in [-0.15, -0.1) is 0 Å². The Morgan fingerprint density at radius 3 is 2.36 bits per heavy atom. The minimum atomic E-state index is -0.886. The van der Waals surface area contributed by atoms with Crippen LogP contribution in [0.15, 0.2) is 82.1 Å². The van der Waals surface area contributed by atoms with Gasteiger partial charge in [0.2, 0.25) is 0 Å². The van der Waals surface area contributed by atoms with E-state index in [0.717, 1.165) is 5.56 Å². The number of benzene rings is 3. The Morgan fingerprint density at radius 2 is 1.67 bits per heavy atom. The lowest BCUT2D eigenvalue weighted by atomic mass is 9.98. The molecule has 1 atom stereocenters. The fourth-order valence-corrected chi connectivity index (χ4v) is 4.52. The zero-order chi connectivity index (χ0) is 27.5. The third kappa shape index (κ3) is 5.62. The summed E-state index contributed by atoms with van der Waals surface area (Å²) in [5.74, 6) is -0.710. The number of fused-ring (bicyclic) bond motifs is 1. The third-order valence-corrected chi connectivity index (χ3v) is 6.69. The van der Waals surface area contributed by atoms with Crippen LogP contribution in [0.3, 0.4) is 0 Å². The first-order chi connectivity index (χ1) is 18.8. The van der Waals surface area contributed by atoms with Gasteiger partial charge in [0.15, 0.2) is 0 Å². The molecule has 0 spiro atoms. The van der Waals surface area contributed by atoms with E-state index in [1.165, 1.54) is 41.0 Å². The van der Waals surface area contributed by atoms with Gasteiger partial charge < -0.3 is 9.63 Å². The molecule has 0 bridgehead atoms. The SMILES string of the molecule is C[C@H](c1ccc(F)cc1)c1cc(-c2ccc3c(=O)n(-c4ccc(F)cc4)c(CCCCC(=O)O)nc3c2)no1. The highest BCUT2D eigenvalue weighted by Crippen LogP contribution is 2.29. The molecule has 198 valence electrons. The second-order valence-electron chi connectivity index (χ2n) is 9.37. The maximum atomic E-state index is 13.6. The molecule has 3 aromatic carbocycles. The average molecular weight is 530 g/mol. The molecular weight excluding hydrogens is 504 g/mol. The van der Waals surface area contributed by atoms with Gasteiger partial charge in [-0.25, -0.2) is 13.8 Å². The topological polar surface area (TPSA) is 98.2 Å². The van der Waals surface area contributed by atoms with Crippen LogP contribution in [0.25, 0.3) is 27.8 Å². The molecule has 1 N–H and O–H groups in total. The number of aryl methyl sites for hydroxylation is 1. The van der Waals surface area contributed by atoms with Crippen molar-refractivity contribution in [2.24, 2.45) is 0 Å². The van der Waals surface area contributed by atoms with Crippen LogP contribution < -0.4 is 5.56 Å². The first kappa shape index (κ1) is 26.0. The number of hydrogen-bond acceptors (Lipinski definition) is 5. The lowest BCUT2D eigenvalue weighted by Gasteiger charge is -2.14. The fourth-order valence-electron chi connectivity index (χ4n) is 4.52. The van der Waals surface area contributed by atoms with E-state index in [-0.39, 0.29) is 23.7 Å². The van der Waals surface area contributed by atoms with E-state index in [0.29, 0.717) is 58.7 Å². The van der Waals surface area contributed by atoms with Gasteiger partial charge in [0.05, 0.1) is 16.6 Å². The minimum absolute atomic E-state index is 0.0172. The Morgan fingerprint density at radius 1 is 0.974 bits per heavy atom. The molecule has 0 unspecified atom stereocenters. The van der Waals surface area contributed by atoms with Crippen molar-refractivity contribution in [3.63, 3.8) is 0 Å². The van der Waals surface area contributed by atoms with Crippen molar-refractivity contribution < 1.29 is 23.2 Å². The van der Waals surface area contributed by atoms with Crippen molar-refractivity contribution in [2.75, 3.05) is 0 Å². The summed E-state index contributed by atoms with van der Waals surface area (Å²) in [5.41, 5.74) is 2.77.